The van der Waals surface area contributed by atoms with Gasteiger partial charge in [-0.1, -0.05) is 12.1 Å². The van der Waals surface area contributed by atoms with Gasteiger partial charge in [-0.15, -0.1) is 0 Å². The molecule has 3 rings (SSSR count). The Balaban J connectivity index is 2.21. The van der Waals surface area contributed by atoms with Crippen molar-refractivity contribution in [3.63, 3.8) is 0 Å². The Morgan fingerprint density at radius 1 is 1.38 bits per heavy atom. The maximum atomic E-state index is 14.3. The molecule has 1 unspecified atom stereocenters. The smallest absolute Gasteiger partial charge is 0.151 e. The predicted molar refractivity (Wildman–Crippen MR) is 62.8 cm³/mol. The number of halogens is 1. The number of nitrogens with two attached hydrogens (primary N) is 1. The van der Waals surface area contributed by atoms with Crippen molar-refractivity contribution in [3.8, 4) is 0 Å². The van der Waals surface area contributed by atoms with E-state index in [1.165, 1.54) is 0 Å². The number of fused-ring (bicyclic) bond motifs is 1. The number of aromatic nitrogens is 1. The summed E-state index contributed by atoms with van der Waals surface area (Å²) in [5.74, 6) is -0.127. The summed E-state index contributed by atoms with van der Waals surface area (Å²) < 4.78 is 14.3. The lowest BCUT2D eigenvalue weighted by atomic mass is 9.88. The molecule has 0 aliphatic heterocycles. The Labute approximate surface area is 93.6 Å². The highest BCUT2D eigenvalue weighted by atomic mass is 19.1. The van der Waals surface area contributed by atoms with Gasteiger partial charge in [-0.05, 0) is 31.4 Å². The van der Waals surface area contributed by atoms with Crippen LogP contribution in [0.25, 0.3) is 10.9 Å². The lowest BCUT2D eigenvalue weighted by molar-refractivity contribution is 0.516. The van der Waals surface area contributed by atoms with Gasteiger partial charge in [0.05, 0.1) is 5.52 Å². The van der Waals surface area contributed by atoms with Crippen LogP contribution in [0.15, 0.2) is 24.4 Å². The fourth-order valence-electron chi connectivity index (χ4n) is 2.58. The first-order valence-electron chi connectivity index (χ1n) is 5.67. The van der Waals surface area contributed by atoms with Crippen LogP contribution in [0.3, 0.4) is 0 Å². The third-order valence-electron chi connectivity index (χ3n) is 3.86. The van der Waals surface area contributed by atoms with Crippen LogP contribution in [0.5, 0.6) is 0 Å². The maximum absolute atomic E-state index is 14.3. The SMILES string of the molecule is CC(N)C1(c2ccc3cc[nH]c3c2F)CC1. The fourth-order valence-corrected chi connectivity index (χ4v) is 2.58. The fraction of sp³-hybridized carbons (Fsp3) is 0.385. The first-order chi connectivity index (χ1) is 7.65. The van der Waals surface area contributed by atoms with E-state index >= 15 is 0 Å². The van der Waals surface area contributed by atoms with Crippen molar-refractivity contribution in [2.24, 2.45) is 5.73 Å². The first-order valence-corrected chi connectivity index (χ1v) is 5.67. The number of aromatic amines is 1. The third kappa shape index (κ3) is 1.15. The van der Waals surface area contributed by atoms with E-state index in [4.69, 9.17) is 5.73 Å². The van der Waals surface area contributed by atoms with Crippen molar-refractivity contribution >= 4 is 10.9 Å². The van der Waals surface area contributed by atoms with Gasteiger partial charge in [0.25, 0.3) is 0 Å². The molecule has 1 saturated carbocycles. The zero-order chi connectivity index (χ0) is 11.3. The highest BCUT2D eigenvalue weighted by Gasteiger charge is 2.49. The quantitative estimate of drug-likeness (QED) is 0.799. The van der Waals surface area contributed by atoms with Crippen LogP contribution in [-0.2, 0) is 5.41 Å². The van der Waals surface area contributed by atoms with Crippen LogP contribution in [0.1, 0.15) is 25.3 Å². The Bertz CT molecular complexity index is 538. The van der Waals surface area contributed by atoms with Crippen LogP contribution in [0.2, 0.25) is 0 Å². The van der Waals surface area contributed by atoms with Crippen molar-refractivity contribution < 1.29 is 4.39 Å². The topological polar surface area (TPSA) is 41.8 Å². The highest BCUT2D eigenvalue weighted by molar-refractivity contribution is 5.81. The van der Waals surface area contributed by atoms with Crippen LogP contribution in [0, 0.1) is 5.82 Å². The molecule has 3 N–H and O–H groups in total. The molecular weight excluding hydrogens is 203 g/mol. The Hall–Kier alpha value is -1.35. The summed E-state index contributed by atoms with van der Waals surface area (Å²) in [7, 11) is 0. The molecule has 1 aliphatic rings. The second kappa shape index (κ2) is 3.08. The zero-order valence-corrected chi connectivity index (χ0v) is 9.26. The molecule has 0 spiro atoms. The van der Waals surface area contributed by atoms with Gasteiger partial charge in [0.1, 0.15) is 0 Å². The van der Waals surface area contributed by atoms with Crippen molar-refractivity contribution in [2.45, 2.75) is 31.2 Å². The molecular formula is C13H15FN2. The van der Waals surface area contributed by atoms with Gasteiger partial charge in [0, 0.05) is 23.0 Å². The van der Waals surface area contributed by atoms with Crippen LogP contribution < -0.4 is 5.73 Å². The number of benzene rings is 1. The molecule has 2 aromatic rings. The molecule has 84 valence electrons. The molecule has 0 amide bonds. The molecule has 1 atom stereocenters. The Morgan fingerprint density at radius 3 is 2.75 bits per heavy atom. The van der Waals surface area contributed by atoms with Gasteiger partial charge in [-0.25, -0.2) is 4.39 Å². The van der Waals surface area contributed by atoms with Crippen LogP contribution >= 0.6 is 0 Å². The molecule has 0 radical (unpaired) electrons. The van der Waals surface area contributed by atoms with E-state index < -0.39 is 0 Å². The minimum atomic E-state index is -0.127. The minimum absolute atomic E-state index is 0.00872. The van der Waals surface area contributed by atoms with Crippen molar-refractivity contribution in [1.82, 2.24) is 4.98 Å². The Kier molecular flexibility index (Phi) is 1.89. The molecule has 1 fully saturated rings. The van der Waals surface area contributed by atoms with E-state index in [0.29, 0.717) is 5.52 Å². The third-order valence-corrected chi connectivity index (χ3v) is 3.86. The highest BCUT2D eigenvalue weighted by Crippen LogP contribution is 2.51. The number of H-pyrrole nitrogens is 1. The predicted octanol–water partition coefficient (Wildman–Crippen LogP) is 2.69. The molecule has 1 aromatic heterocycles. The molecule has 1 aromatic carbocycles. The van der Waals surface area contributed by atoms with E-state index in [-0.39, 0.29) is 17.3 Å². The largest absolute Gasteiger partial charge is 0.359 e. The van der Waals surface area contributed by atoms with Gasteiger partial charge in [-0.3, -0.25) is 0 Å². The lowest BCUT2D eigenvalue weighted by Gasteiger charge is -2.20. The lowest BCUT2D eigenvalue weighted by Crippen LogP contribution is -2.32. The van der Waals surface area contributed by atoms with Crippen molar-refractivity contribution in [3.05, 3.63) is 35.8 Å². The van der Waals surface area contributed by atoms with E-state index in [1.807, 2.05) is 25.1 Å². The molecule has 0 saturated heterocycles. The van der Waals surface area contributed by atoms with E-state index in [9.17, 15) is 4.39 Å². The monoisotopic (exact) mass is 218 g/mol. The summed E-state index contributed by atoms with van der Waals surface area (Å²) in [6.45, 7) is 1.96. The number of rotatable bonds is 2. The summed E-state index contributed by atoms with van der Waals surface area (Å²) >= 11 is 0. The molecule has 1 aliphatic carbocycles. The summed E-state index contributed by atoms with van der Waals surface area (Å²) in [5, 5.41) is 0.918. The van der Waals surface area contributed by atoms with Crippen molar-refractivity contribution in [1.29, 1.82) is 0 Å². The number of nitrogens with one attached hydrogen (secondary N) is 1. The zero-order valence-electron chi connectivity index (χ0n) is 9.26. The average molecular weight is 218 g/mol. The minimum Gasteiger partial charge on any atom is -0.359 e. The van der Waals surface area contributed by atoms with E-state index in [0.717, 1.165) is 23.8 Å². The number of hydrogen-bond acceptors (Lipinski definition) is 1. The second-order valence-electron chi connectivity index (χ2n) is 4.81. The van der Waals surface area contributed by atoms with Gasteiger partial charge in [0.15, 0.2) is 5.82 Å². The average Bonchev–Trinajstić information content (AvgIpc) is 2.90. The second-order valence-corrected chi connectivity index (χ2v) is 4.81. The molecule has 1 heterocycles. The van der Waals surface area contributed by atoms with Gasteiger partial charge < -0.3 is 10.7 Å². The number of hydrogen-bond donors (Lipinski definition) is 2. The van der Waals surface area contributed by atoms with Crippen molar-refractivity contribution in [2.75, 3.05) is 0 Å². The van der Waals surface area contributed by atoms with E-state index in [2.05, 4.69) is 4.98 Å². The van der Waals surface area contributed by atoms with Gasteiger partial charge >= 0.3 is 0 Å². The molecule has 2 nitrogen and oxygen atoms in total. The first kappa shape index (κ1) is 9.85. The van der Waals surface area contributed by atoms with Gasteiger partial charge in [0.2, 0.25) is 0 Å². The molecule has 3 heteroatoms. The van der Waals surface area contributed by atoms with Gasteiger partial charge in [-0.2, -0.15) is 0 Å². The summed E-state index contributed by atoms with van der Waals surface area (Å²) in [6.07, 6.45) is 3.75. The molecule has 16 heavy (non-hydrogen) atoms. The van der Waals surface area contributed by atoms with Crippen LogP contribution in [0.4, 0.5) is 4.39 Å². The van der Waals surface area contributed by atoms with Crippen LogP contribution in [-0.4, -0.2) is 11.0 Å². The van der Waals surface area contributed by atoms with E-state index in [1.54, 1.807) is 6.20 Å². The summed E-state index contributed by atoms with van der Waals surface area (Å²) in [5.41, 5.74) is 7.23. The maximum Gasteiger partial charge on any atom is 0.151 e. The normalized spacial score (nSPS) is 19.9. The summed E-state index contributed by atoms with van der Waals surface area (Å²) in [4.78, 5) is 2.95. The Morgan fingerprint density at radius 2 is 2.12 bits per heavy atom. The standard InChI is InChI=1S/C13H15FN2/c1-8(15)13(5-6-13)10-3-2-9-4-7-16-12(9)11(10)14/h2-4,7-8,16H,5-6,15H2,1H3. The molecule has 0 bridgehead atoms. The summed E-state index contributed by atoms with van der Waals surface area (Å²) in [6, 6.07) is 5.75.